The number of nitriles is 1. The van der Waals surface area contributed by atoms with Gasteiger partial charge in [0.05, 0.1) is 25.7 Å². The number of rotatable bonds is 6. The molecule has 0 heterocycles. The average molecular weight is 285 g/mol. The van der Waals surface area contributed by atoms with Crippen LogP contribution in [0.3, 0.4) is 0 Å². The molecule has 0 aliphatic heterocycles. The summed E-state index contributed by atoms with van der Waals surface area (Å²) in [7, 11) is 1.35. The summed E-state index contributed by atoms with van der Waals surface area (Å²) in [5.74, 6) is -0.600. The second-order valence-electron chi connectivity index (χ2n) is 3.63. The van der Waals surface area contributed by atoms with E-state index in [4.69, 9.17) is 14.7 Å². The number of alkyl halides is 2. The van der Waals surface area contributed by atoms with E-state index in [0.29, 0.717) is 5.56 Å². The van der Waals surface area contributed by atoms with Crippen LogP contribution in [0.1, 0.15) is 18.1 Å². The van der Waals surface area contributed by atoms with Crippen LogP contribution in [-0.4, -0.2) is 26.3 Å². The van der Waals surface area contributed by atoms with Crippen molar-refractivity contribution >= 4 is 5.97 Å². The Balaban J connectivity index is 3.14. The fourth-order valence-corrected chi connectivity index (χ4v) is 1.58. The van der Waals surface area contributed by atoms with Gasteiger partial charge in [0.25, 0.3) is 0 Å². The second kappa shape index (κ2) is 7.28. The van der Waals surface area contributed by atoms with Crippen LogP contribution in [0.5, 0.6) is 11.5 Å². The van der Waals surface area contributed by atoms with E-state index in [1.54, 1.807) is 13.0 Å². The van der Waals surface area contributed by atoms with Crippen LogP contribution in [0.15, 0.2) is 12.1 Å². The maximum atomic E-state index is 12.3. The average Bonchev–Trinajstić information content (AvgIpc) is 2.38. The summed E-state index contributed by atoms with van der Waals surface area (Å²) in [6, 6.07) is 4.15. The first-order valence-electron chi connectivity index (χ1n) is 5.73. The lowest BCUT2D eigenvalue weighted by Gasteiger charge is -2.12. The third-order valence-corrected chi connectivity index (χ3v) is 2.36. The SMILES string of the molecule is CCOC(=O)Cc1cc(OC(F)F)c(C#N)cc1OC. The Bertz CT molecular complexity index is 526. The van der Waals surface area contributed by atoms with E-state index in [1.807, 2.05) is 0 Å². The van der Waals surface area contributed by atoms with E-state index in [9.17, 15) is 13.6 Å². The first-order chi connectivity index (χ1) is 9.51. The minimum absolute atomic E-state index is 0.102. The van der Waals surface area contributed by atoms with Gasteiger partial charge in [-0.25, -0.2) is 0 Å². The topological polar surface area (TPSA) is 68.5 Å². The molecule has 1 aromatic carbocycles. The molecule has 0 amide bonds. The van der Waals surface area contributed by atoms with E-state index >= 15 is 0 Å². The Morgan fingerprint density at radius 2 is 2.10 bits per heavy atom. The monoisotopic (exact) mass is 285 g/mol. The van der Waals surface area contributed by atoms with Crippen LogP contribution >= 0.6 is 0 Å². The molecule has 0 bridgehead atoms. The van der Waals surface area contributed by atoms with Gasteiger partial charge in [0.2, 0.25) is 0 Å². The summed E-state index contributed by atoms with van der Waals surface area (Å²) >= 11 is 0. The Kier molecular flexibility index (Phi) is 5.72. The highest BCUT2D eigenvalue weighted by atomic mass is 19.3. The molecule has 108 valence electrons. The van der Waals surface area contributed by atoms with Crippen molar-refractivity contribution in [3.05, 3.63) is 23.3 Å². The molecule has 0 saturated carbocycles. The summed E-state index contributed by atoms with van der Waals surface area (Å²) in [4.78, 5) is 11.4. The van der Waals surface area contributed by atoms with Crippen LogP contribution in [0.2, 0.25) is 0 Å². The van der Waals surface area contributed by atoms with E-state index < -0.39 is 12.6 Å². The first kappa shape index (κ1) is 15.7. The maximum Gasteiger partial charge on any atom is 0.387 e. The summed E-state index contributed by atoms with van der Waals surface area (Å²) in [6.45, 7) is -1.21. The quantitative estimate of drug-likeness (QED) is 0.750. The highest BCUT2D eigenvalue weighted by Gasteiger charge is 2.17. The molecule has 0 aliphatic rings. The number of methoxy groups -OCH3 is 1. The van der Waals surface area contributed by atoms with Crippen molar-refractivity contribution in [1.82, 2.24) is 0 Å². The summed E-state index contributed by atoms with van der Waals surface area (Å²) < 4.78 is 38.6. The molecular weight excluding hydrogens is 272 g/mol. The number of carbonyl (C=O) groups excluding carboxylic acids is 1. The van der Waals surface area contributed by atoms with Gasteiger partial charge >= 0.3 is 12.6 Å². The Morgan fingerprint density at radius 1 is 1.40 bits per heavy atom. The van der Waals surface area contributed by atoms with Gasteiger partial charge in [-0.15, -0.1) is 0 Å². The number of halogens is 2. The molecule has 1 aromatic rings. The largest absolute Gasteiger partial charge is 0.496 e. The van der Waals surface area contributed by atoms with E-state index in [2.05, 4.69) is 4.74 Å². The summed E-state index contributed by atoms with van der Waals surface area (Å²) in [5, 5.41) is 8.89. The normalized spacial score (nSPS) is 10.0. The van der Waals surface area contributed by atoms with Crippen LogP contribution in [0.4, 0.5) is 8.78 Å². The number of hydrogen-bond donors (Lipinski definition) is 0. The zero-order valence-electron chi connectivity index (χ0n) is 11.0. The number of nitrogens with zero attached hydrogens (tertiary/aromatic N) is 1. The van der Waals surface area contributed by atoms with Crippen LogP contribution < -0.4 is 9.47 Å². The van der Waals surface area contributed by atoms with Crippen molar-refractivity contribution in [2.24, 2.45) is 0 Å². The maximum absolute atomic E-state index is 12.3. The molecule has 1 rings (SSSR count). The van der Waals surface area contributed by atoms with Crippen molar-refractivity contribution in [3.8, 4) is 17.6 Å². The van der Waals surface area contributed by atoms with E-state index in [1.165, 1.54) is 19.2 Å². The van der Waals surface area contributed by atoms with Gasteiger partial charge in [-0.1, -0.05) is 0 Å². The Labute approximate surface area is 114 Å². The number of hydrogen-bond acceptors (Lipinski definition) is 5. The lowest BCUT2D eigenvalue weighted by molar-refractivity contribution is -0.142. The van der Waals surface area contributed by atoms with Crippen LogP contribution in [0, 0.1) is 11.3 Å². The van der Waals surface area contributed by atoms with Crippen LogP contribution in [-0.2, 0) is 16.0 Å². The lowest BCUT2D eigenvalue weighted by atomic mass is 10.1. The summed E-state index contributed by atoms with van der Waals surface area (Å²) in [5.41, 5.74) is 0.204. The zero-order valence-corrected chi connectivity index (χ0v) is 11.0. The van der Waals surface area contributed by atoms with Crippen molar-refractivity contribution < 1.29 is 27.8 Å². The summed E-state index contributed by atoms with van der Waals surface area (Å²) in [6.07, 6.45) is -0.164. The van der Waals surface area contributed by atoms with Gasteiger partial charge in [0, 0.05) is 11.6 Å². The van der Waals surface area contributed by atoms with Gasteiger partial charge in [0.15, 0.2) is 0 Å². The lowest BCUT2D eigenvalue weighted by Crippen LogP contribution is -2.10. The predicted molar refractivity (Wildman–Crippen MR) is 64.7 cm³/mol. The van der Waals surface area contributed by atoms with E-state index in [-0.39, 0.29) is 30.1 Å². The van der Waals surface area contributed by atoms with Crippen molar-refractivity contribution in [1.29, 1.82) is 5.26 Å². The number of carbonyl (C=O) groups is 1. The highest BCUT2D eigenvalue weighted by molar-refractivity contribution is 5.74. The Hall–Kier alpha value is -2.36. The third-order valence-electron chi connectivity index (χ3n) is 2.36. The molecule has 0 aromatic heterocycles. The van der Waals surface area contributed by atoms with Gasteiger partial charge in [-0.05, 0) is 13.0 Å². The molecule has 0 aliphatic carbocycles. The molecular formula is C13H13F2NO4. The van der Waals surface area contributed by atoms with Crippen molar-refractivity contribution in [2.75, 3.05) is 13.7 Å². The zero-order chi connectivity index (χ0) is 15.1. The molecule has 0 atom stereocenters. The van der Waals surface area contributed by atoms with Gasteiger partial charge in [0.1, 0.15) is 17.6 Å². The number of benzene rings is 1. The highest BCUT2D eigenvalue weighted by Crippen LogP contribution is 2.30. The molecule has 0 unspecified atom stereocenters. The number of esters is 1. The molecule has 0 spiro atoms. The van der Waals surface area contributed by atoms with Crippen LogP contribution in [0.25, 0.3) is 0 Å². The van der Waals surface area contributed by atoms with Crippen molar-refractivity contribution in [2.45, 2.75) is 20.0 Å². The van der Waals surface area contributed by atoms with Crippen molar-refractivity contribution in [3.63, 3.8) is 0 Å². The minimum atomic E-state index is -3.06. The fraction of sp³-hybridized carbons (Fsp3) is 0.385. The molecule has 0 N–H and O–H groups in total. The van der Waals surface area contributed by atoms with Gasteiger partial charge in [-0.2, -0.15) is 14.0 Å². The smallest absolute Gasteiger partial charge is 0.387 e. The predicted octanol–water partition coefficient (Wildman–Crippen LogP) is 2.27. The Morgan fingerprint density at radius 3 is 2.60 bits per heavy atom. The molecule has 20 heavy (non-hydrogen) atoms. The molecule has 0 saturated heterocycles. The molecule has 0 radical (unpaired) electrons. The van der Waals surface area contributed by atoms with Gasteiger partial charge < -0.3 is 14.2 Å². The standard InChI is InChI=1S/C13H13F2NO4/c1-3-19-12(17)6-8-4-11(20-13(14)15)9(7-16)5-10(8)18-2/h4-5,13H,3,6H2,1-2H3. The fourth-order valence-electron chi connectivity index (χ4n) is 1.58. The number of ether oxygens (including phenoxy) is 3. The van der Waals surface area contributed by atoms with Gasteiger partial charge in [-0.3, -0.25) is 4.79 Å². The third kappa shape index (κ3) is 4.09. The molecule has 7 heteroatoms. The molecule has 5 nitrogen and oxygen atoms in total. The molecule has 0 fully saturated rings. The van der Waals surface area contributed by atoms with E-state index in [0.717, 1.165) is 0 Å². The second-order valence-corrected chi connectivity index (χ2v) is 3.63. The first-order valence-corrected chi connectivity index (χ1v) is 5.73. The minimum Gasteiger partial charge on any atom is -0.496 e.